The first-order valence-corrected chi connectivity index (χ1v) is 26.0. The predicted molar refractivity (Wildman–Crippen MR) is 259 cm³/mol. The van der Waals surface area contributed by atoms with E-state index in [9.17, 15) is 0 Å². The maximum Gasteiger partial charge on any atom is 0.0564 e. The smallest absolute Gasteiger partial charge is 0.0564 e. The first-order chi connectivity index (χ1) is 29.4. The zero-order valence-electron chi connectivity index (χ0n) is 40.3. The van der Waals surface area contributed by atoms with Crippen molar-refractivity contribution in [2.24, 2.45) is 58.0 Å². The number of nitrogens with two attached hydrogens (primary N) is 1. The number of hydrogen-bond donors (Lipinski definition) is 3. The highest BCUT2D eigenvalue weighted by Crippen LogP contribution is 2.68. The molecular formula is C54H91N7. The number of nitrogens with one attached hydrogen (secondary N) is 2. The van der Waals surface area contributed by atoms with Crippen molar-refractivity contribution in [2.45, 2.75) is 194 Å². The molecule has 11 atom stereocenters. The summed E-state index contributed by atoms with van der Waals surface area (Å²) in [4.78, 5) is 14.1. The van der Waals surface area contributed by atoms with Gasteiger partial charge in [0.05, 0.1) is 5.69 Å². The zero-order valence-corrected chi connectivity index (χ0v) is 40.3. The molecule has 61 heavy (non-hydrogen) atoms. The highest BCUT2D eigenvalue weighted by atomic mass is 15.2. The summed E-state index contributed by atoms with van der Waals surface area (Å²) >= 11 is 0. The molecule has 1 saturated heterocycles. The standard InChI is InChI=1S/C54H91N7/c1-39(2)15-13-16-40(3)48-22-23-49-47-21-20-41-35-43(24-28-53(41,4)50(47)25-29-54(48,49)5)56-30-11-12-31-57-44-26-32-58-42(36-44)17-9-8-10-18-51(55)52-19-14-34-61(52)38-45-37-46(60(6)7)27-33-59-45/h26-27,32-33,36-37,39-41,43,47-52,56H,8-25,28-31,34-35,38,55H2,1-7H3,(H,57,58)/t40-,41?,43-,47+,48-,49+,50+,51+,52+,53+,54-/m1/s1. The minimum Gasteiger partial charge on any atom is -0.385 e. The minimum atomic E-state index is 0.232. The van der Waals surface area contributed by atoms with E-state index in [1.54, 1.807) is 0 Å². The molecule has 1 aliphatic heterocycles. The molecule has 5 aliphatic rings. The molecule has 5 fully saturated rings. The van der Waals surface area contributed by atoms with Gasteiger partial charge >= 0.3 is 0 Å². The van der Waals surface area contributed by atoms with E-state index in [0.717, 1.165) is 92.2 Å². The van der Waals surface area contributed by atoms with Gasteiger partial charge in [-0.1, -0.05) is 66.7 Å². The molecule has 7 nitrogen and oxygen atoms in total. The number of fused-ring (bicyclic) bond motifs is 5. The summed E-state index contributed by atoms with van der Waals surface area (Å²) in [6.07, 6.45) is 32.2. The number of hydrogen-bond acceptors (Lipinski definition) is 7. The quantitative estimate of drug-likeness (QED) is 0.102. The number of nitrogens with zero attached hydrogens (tertiary/aromatic N) is 4. The molecule has 0 amide bonds. The fourth-order valence-electron chi connectivity index (χ4n) is 14.6. The summed E-state index contributed by atoms with van der Waals surface area (Å²) in [5.74, 6) is 6.66. The second-order valence-corrected chi connectivity index (χ2v) is 22.6. The predicted octanol–water partition coefficient (Wildman–Crippen LogP) is 11.9. The number of anilines is 2. The van der Waals surface area contributed by atoms with Gasteiger partial charge in [0.15, 0.2) is 0 Å². The molecule has 0 bridgehead atoms. The van der Waals surface area contributed by atoms with Crippen LogP contribution in [0.2, 0.25) is 0 Å². The van der Waals surface area contributed by atoms with E-state index in [1.807, 2.05) is 12.4 Å². The van der Waals surface area contributed by atoms with Crippen molar-refractivity contribution >= 4 is 11.4 Å². The Kier molecular flexibility index (Phi) is 16.6. The van der Waals surface area contributed by atoms with Crippen LogP contribution in [0.25, 0.3) is 0 Å². The van der Waals surface area contributed by atoms with E-state index in [4.69, 9.17) is 10.7 Å². The number of pyridine rings is 2. The fourth-order valence-corrected chi connectivity index (χ4v) is 14.6. The average Bonchev–Trinajstić information content (AvgIpc) is 3.86. The molecule has 1 unspecified atom stereocenters. The zero-order chi connectivity index (χ0) is 43.0. The molecule has 7 heteroatoms. The monoisotopic (exact) mass is 838 g/mol. The second kappa shape index (κ2) is 21.6. The SMILES string of the molecule is CC(C)CCC[C@@H](C)[C@H]1CC[C@H]2[C@@H]3CCC4C[C@H](NCCCCNc5ccnc(CCCCC[C@H](N)[C@@H]6CCCN6Cc6cc(N(C)C)ccn6)c5)CC[C@]4(C)[C@H]3CC[C@]12C. The van der Waals surface area contributed by atoms with Crippen LogP contribution in [0.3, 0.4) is 0 Å². The Hall–Kier alpha value is -2.22. The van der Waals surface area contributed by atoms with E-state index in [1.165, 1.54) is 139 Å². The molecule has 4 N–H and O–H groups in total. The lowest BCUT2D eigenvalue weighted by atomic mass is 9.44. The van der Waals surface area contributed by atoms with Gasteiger partial charge in [-0.05, 0) is 192 Å². The van der Waals surface area contributed by atoms with Crippen LogP contribution in [0.5, 0.6) is 0 Å². The van der Waals surface area contributed by atoms with Gasteiger partial charge in [-0.25, -0.2) is 0 Å². The molecule has 4 saturated carbocycles. The number of rotatable bonds is 22. The van der Waals surface area contributed by atoms with Gasteiger partial charge in [0.2, 0.25) is 0 Å². The fraction of sp³-hybridized carbons (Fsp3) is 0.815. The molecule has 3 heterocycles. The van der Waals surface area contributed by atoms with Crippen LogP contribution in [0.4, 0.5) is 11.4 Å². The van der Waals surface area contributed by atoms with Crippen molar-refractivity contribution in [3.8, 4) is 0 Å². The van der Waals surface area contributed by atoms with Gasteiger partial charge in [-0.3, -0.25) is 14.9 Å². The third kappa shape index (κ3) is 11.5. The first-order valence-electron chi connectivity index (χ1n) is 26.0. The van der Waals surface area contributed by atoms with Gasteiger partial charge in [-0.15, -0.1) is 0 Å². The largest absolute Gasteiger partial charge is 0.385 e. The van der Waals surface area contributed by atoms with Crippen LogP contribution in [0.15, 0.2) is 36.7 Å². The van der Waals surface area contributed by atoms with Gasteiger partial charge in [0.1, 0.15) is 0 Å². The highest BCUT2D eigenvalue weighted by molar-refractivity contribution is 5.45. The lowest BCUT2D eigenvalue weighted by Gasteiger charge is -2.61. The van der Waals surface area contributed by atoms with E-state index in [0.29, 0.717) is 16.9 Å². The molecule has 2 aromatic heterocycles. The van der Waals surface area contributed by atoms with Gasteiger partial charge in [-0.2, -0.15) is 0 Å². The van der Waals surface area contributed by atoms with E-state index >= 15 is 0 Å². The lowest BCUT2D eigenvalue weighted by Crippen LogP contribution is -2.55. The van der Waals surface area contributed by atoms with Crippen molar-refractivity contribution in [1.29, 1.82) is 0 Å². The third-order valence-electron chi connectivity index (χ3n) is 18.1. The lowest BCUT2D eigenvalue weighted by molar-refractivity contribution is -0.118. The number of aromatic nitrogens is 2. The van der Waals surface area contributed by atoms with Gasteiger partial charge in [0, 0.05) is 74.8 Å². The minimum absolute atomic E-state index is 0.232. The van der Waals surface area contributed by atoms with Crippen molar-refractivity contribution in [3.63, 3.8) is 0 Å². The summed E-state index contributed by atoms with van der Waals surface area (Å²) in [6.45, 7) is 17.2. The van der Waals surface area contributed by atoms with Crippen LogP contribution >= 0.6 is 0 Å². The van der Waals surface area contributed by atoms with Crippen LogP contribution in [0.1, 0.15) is 174 Å². The van der Waals surface area contributed by atoms with Crippen molar-refractivity contribution in [2.75, 3.05) is 43.9 Å². The molecule has 2 aromatic rings. The van der Waals surface area contributed by atoms with Crippen molar-refractivity contribution in [3.05, 3.63) is 48.0 Å². The van der Waals surface area contributed by atoms with E-state index in [-0.39, 0.29) is 6.04 Å². The summed E-state index contributed by atoms with van der Waals surface area (Å²) in [5, 5.41) is 7.77. The molecular weight excluding hydrogens is 747 g/mol. The van der Waals surface area contributed by atoms with Crippen molar-refractivity contribution < 1.29 is 0 Å². The molecule has 0 spiro atoms. The first kappa shape index (κ1) is 46.8. The van der Waals surface area contributed by atoms with E-state index < -0.39 is 0 Å². The Bertz CT molecular complexity index is 1630. The van der Waals surface area contributed by atoms with Crippen LogP contribution in [-0.2, 0) is 13.0 Å². The number of unbranched alkanes of at least 4 members (excludes halogenated alkanes) is 3. The molecule has 342 valence electrons. The second-order valence-electron chi connectivity index (χ2n) is 22.6. The van der Waals surface area contributed by atoms with Gasteiger partial charge in [0.25, 0.3) is 0 Å². The van der Waals surface area contributed by atoms with Crippen molar-refractivity contribution in [1.82, 2.24) is 20.2 Å². The summed E-state index contributed by atoms with van der Waals surface area (Å²) in [6, 6.07) is 10.1. The number of aryl methyl sites for hydroxylation is 1. The summed E-state index contributed by atoms with van der Waals surface area (Å²) in [7, 11) is 4.18. The Morgan fingerprint density at radius 2 is 1.57 bits per heavy atom. The average molecular weight is 838 g/mol. The molecule has 4 aliphatic carbocycles. The normalized spacial score (nSPS) is 32.3. The molecule has 7 rings (SSSR count). The number of likely N-dealkylation sites (tertiary alicyclic amines) is 1. The topological polar surface area (TPSA) is 82.3 Å². The van der Waals surface area contributed by atoms with Crippen LogP contribution < -0.4 is 21.3 Å². The Morgan fingerprint density at radius 3 is 2.41 bits per heavy atom. The maximum absolute atomic E-state index is 6.82. The summed E-state index contributed by atoms with van der Waals surface area (Å²) < 4.78 is 0. The Balaban J connectivity index is 0.753. The molecule has 0 radical (unpaired) electrons. The van der Waals surface area contributed by atoms with Gasteiger partial charge < -0.3 is 21.3 Å². The third-order valence-corrected chi connectivity index (χ3v) is 18.1. The maximum atomic E-state index is 6.82. The highest BCUT2D eigenvalue weighted by Gasteiger charge is 2.60. The Labute approximate surface area is 374 Å². The van der Waals surface area contributed by atoms with Crippen LogP contribution in [0, 0.1) is 52.3 Å². The summed E-state index contributed by atoms with van der Waals surface area (Å²) in [5.41, 5.74) is 12.8. The van der Waals surface area contributed by atoms with Crippen LogP contribution in [-0.4, -0.2) is 66.7 Å². The van der Waals surface area contributed by atoms with E-state index in [2.05, 4.69) is 98.4 Å². The Morgan fingerprint density at radius 1 is 0.787 bits per heavy atom. The molecule has 0 aromatic carbocycles.